The molecule has 2 unspecified atom stereocenters. The Morgan fingerprint density at radius 3 is 2.73 bits per heavy atom. The number of amides is 1. The van der Waals surface area contributed by atoms with Crippen LogP contribution in [-0.2, 0) is 16.0 Å². The van der Waals surface area contributed by atoms with Crippen LogP contribution in [0.3, 0.4) is 0 Å². The highest BCUT2D eigenvalue weighted by Crippen LogP contribution is 2.52. The van der Waals surface area contributed by atoms with Gasteiger partial charge in [-0.3, -0.25) is 9.69 Å². The van der Waals surface area contributed by atoms with E-state index in [-0.39, 0.29) is 42.9 Å². The molecule has 5 aliphatic heterocycles. The molecule has 4 fully saturated rings. The number of benzene rings is 1. The molecule has 1 aromatic carbocycles. The van der Waals surface area contributed by atoms with E-state index < -0.39 is 11.7 Å². The number of hydrogen-bond acceptors (Lipinski definition) is 7. The molecule has 6 rings (SSSR count). The number of ether oxygens (including phenoxy) is 3. The van der Waals surface area contributed by atoms with Crippen molar-refractivity contribution < 1.29 is 29.2 Å². The van der Waals surface area contributed by atoms with Gasteiger partial charge in [-0.05, 0) is 43.9 Å². The summed E-state index contributed by atoms with van der Waals surface area (Å²) in [6, 6.07) is 4.18. The van der Waals surface area contributed by atoms with Crippen molar-refractivity contribution in [3.63, 3.8) is 0 Å². The molecule has 0 aromatic heterocycles. The summed E-state index contributed by atoms with van der Waals surface area (Å²) >= 11 is 0. The Balaban J connectivity index is 1.41. The first-order valence-corrected chi connectivity index (χ1v) is 12.3. The zero-order chi connectivity index (χ0) is 22.9. The fraction of sp³-hybridized carbons (Fsp3) is 0.720. The van der Waals surface area contributed by atoms with Crippen LogP contribution in [-0.4, -0.2) is 84.8 Å². The lowest BCUT2D eigenvalue weighted by Crippen LogP contribution is -2.68. The molecule has 5 heterocycles. The van der Waals surface area contributed by atoms with Gasteiger partial charge in [0.05, 0.1) is 39.0 Å². The van der Waals surface area contributed by atoms with Crippen molar-refractivity contribution in [2.75, 3.05) is 38.8 Å². The molecule has 0 bridgehead atoms. The molecule has 0 aliphatic carbocycles. The number of methoxy groups -OCH3 is 2. The second-order valence-electron chi connectivity index (χ2n) is 10.5. The van der Waals surface area contributed by atoms with Crippen molar-refractivity contribution in [3.05, 3.63) is 17.7 Å². The lowest BCUT2D eigenvalue weighted by molar-refractivity contribution is -0.174. The minimum atomic E-state index is -1.23. The SMILES string of the molecule is COc1cc2c(cc1OC)N1C(=O)C[C@@H]3OC[C@H](O)C4(O)CN5CCCC[C@@H]5C[C@@H]4[C@@H]3C1C2. The van der Waals surface area contributed by atoms with Gasteiger partial charge in [0.15, 0.2) is 11.5 Å². The maximum absolute atomic E-state index is 13.3. The average molecular weight is 459 g/mol. The lowest BCUT2D eigenvalue weighted by Gasteiger charge is -2.55. The van der Waals surface area contributed by atoms with Gasteiger partial charge in [0.2, 0.25) is 5.91 Å². The summed E-state index contributed by atoms with van der Waals surface area (Å²) in [5.41, 5.74) is 0.684. The molecule has 0 radical (unpaired) electrons. The Morgan fingerprint density at radius 1 is 1.15 bits per heavy atom. The van der Waals surface area contributed by atoms with E-state index in [9.17, 15) is 15.0 Å². The summed E-state index contributed by atoms with van der Waals surface area (Å²) in [7, 11) is 3.22. The van der Waals surface area contributed by atoms with Gasteiger partial charge in [0.1, 0.15) is 11.7 Å². The number of piperidine rings is 3. The minimum absolute atomic E-state index is 0.0299. The van der Waals surface area contributed by atoms with Crippen LogP contribution >= 0.6 is 0 Å². The van der Waals surface area contributed by atoms with Gasteiger partial charge >= 0.3 is 0 Å². The van der Waals surface area contributed by atoms with Crippen LogP contribution in [0, 0.1) is 11.8 Å². The van der Waals surface area contributed by atoms with E-state index in [1.807, 2.05) is 17.0 Å². The van der Waals surface area contributed by atoms with Crippen LogP contribution in [0.25, 0.3) is 0 Å². The number of carbonyl (C=O) groups is 1. The smallest absolute Gasteiger partial charge is 0.229 e. The first-order valence-electron chi connectivity index (χ1n) is 12.3. The predicted octanol–water partition coefficient (Wildman–Crippen LogP) is 1.35. The largest absolute Gasteiger partial charge is 0.493 e. The van der Waals surface area contributed by atoms with Gasteiger partial charge < -0.3 is 29.3 Å². The predicted molar refractivity (Wildman–Crippen MR) is 121 cm³/mol. The van der Waals surface area contributed by atoms with E-state index in [0.29, 0.717) is 30.5 Å². The van der Waals surface area contributed by atoms with Gasteiger partial charge in [0, 0.05) is 36.5 Å². The zero-order valence-electron chi connectivity index (χ0n) is 19.4. The number of hydrogen-bond donors (Lipinski definition) is 2. The Hall–Kier alpha value is -1.87. The first-order chi connectivity index (χ1) is 15.9. The number of fused-ring (bicyclic) bond motifs is 8. The quantitative estimate of drug-likeness (QED) is 0.691. The van der Waals surface area contributed by atoms with Crippen LogP contribution in [0.2, 0.25) is 0 Å². The average Bonchev–Trinajstić information content (AvgIpc) is 3.15. The molecule has 0 saturated carbocycles. The molecule has 0 spiro atoms. The normalized spacial score (nSPS) is 40.1. The Labute approximate surface area is 194 Å². The zero-order valence-corrected chi connectivity index (χ0v) is 19.4. The van der Waals surface area contributed by atoms with Crippen molar-refractivity contribution in [2.45, 2.75) is 68.4 Å². The van der Waals surface area contributed by atoms with E-state index in [2.05, 4.69) is 4.90 Å². The number of anilines is 1. The van der Waals surface area contributed by atoms with Crippen molar-refractivity contribution >= 4 is 11.6 Å². The Bertz CT molecular complexity index is 955. The fourth-order valence-electron chi connectivity index (χ4n) is 7.45. The molecule has 2 N–H and O–H groups in total. The maximum atomic E-state index is 13.3. The lowest BCUT2D eigenvalue weighted by atomic mass is 9.63. The highest BCUT2D eigenvalue weighted by Gasteiger charge is 2.61. The van der Waals surface area contributed by atoms with E-state index in [4.69, 9.17) is 14.2 Å². The van der Waals surface area contributed by atoms with Gasteiger partial charge in [-0.1, -0.05) is 6.42 Å². The summed E-state index contributed by atoms with van der Waals surface area (Å²) in [6.45, 7) is 1.52. The standard InChI is InChI=1S/C25H34N2O6/c1-31-19-8-14-7-18-24-16-9-15-5-3-4-6-26(15)13-25(16,30)22(28)12-33-21(24)11-23(29)27(18)17(14)10-20(19)32-2/h8,10,15-16,18,21-22,24,28,30H,3-7,9,11-13H2,1-2H3/t15-,16-,18?,21+,22+,24-,25?/m1/s1. The third kappa shape index (κ3) is 3.14. The van der Waals surface area contributed by atoms with Crippen LogP contribution in [0.1, 0.15) is 37.7 Å². The van der Waals surface area contributed by atoms with E-state index in [1.165, 1.54) is 6.42 Å². The highest BCUT2D eigenvalue weighted by atomic mass is 16.5. The van der Waals surface area contributed by atoms with Gasteiger partial charge in [0.25, 0.3) is 0 Å². The molecular formula is C25H34N2O6. The molecule has 33 heavy (non-hydrogen) atoms. The van der Waals surface area contributed by atoms with E-state index in [1.54, 1.807) is 14.2 Å². The summed E-state index contributed by atoms with van der Waals surface area (Å²) in [6.07, 6.45) is 4.01. The third-order valence-electron chi connectivity index (χ3n) is 9.01. The molecular weight excluding hydrogens is 424 g/mol. The highest BCUT2D eigenvalue weighted by molar-refractivity contribution is 5.98. The van der Waals surface area contributed by atoms with Crippen LogP contribution in [0.15, 0.2) is 12.1 Å². The van der Waals surface area contributed by atoms with Crippen LogP contribution in [0.4, 0.5) is 5.69 Å². The molecule has 1 aromatic rings. The summed E-state index contributed by atoms with van der Waals surface area (Å²) in [5.74, 6) is 1.12. The molecule has 5 aliphatic rings. The number of carbonyl (C=O) groups excluding carboxylic acids is 1. The van der Waals surface area contributed by atoms with Crippen LogP contribution < -0.4 is 14.4 Å². The van der Waals surface area contributed by atoms with E-state index in [0.717, 1.165) is 37.1 Å². The number of nitrogens with zero attached hydrogens (tertiary/aromatic N) is 2. The monoisotopic (exact) mass is 458 g/mol. The first kappa shape index (κ1) is 21.6. The van der Waals surface area contributed by atoms with Gasteiger partial charge in [-0.25, -0.2) is 0 Å². The van der Waals surface area contributed by atoms with Crippen molar-refractivity contribution in [3.8, 4) is 11.5 Å². The maximum Gasteiger partial charge on any atom is 0.229 e. The van der Waals surface area contributed by atoms with Crippen molar-refractivity contribution in [1.29, 1.82) is 0 Å². The van der Waals surface area contributed by atoms with Gasteiger partial charge in [-0.15, -0.1) is 0 Å². The van der Waals surface area contributed by atoms with E-state index >= 15 is 0 Å². The molecule has 7 atom stereocenters. The Morgan fingerprint density at radius 2 is 1.94 bits per heavy atom. The molecule has 4 saturated heterocycles. The van der Waals surface area contributed by atoms with Crippen LogP contribution in [0.5, 0.6) is 11.5 Å². The molecule has 8 heteroatoms. The molecule has 1 amide bonds. The number of aliphatic hydroxyl groups is 2. The third-order valence-corrected chi connectivity index (χ3v) is 9.01. The summed E-state index contributed by atoms with van der Waals surface area (Å²) in [5, 5.41) is 23.0. The number of aliphatic hydroxyl groups excluding tert-OH is 1. The van der Waals surface area contributed by atoms with Gasteiger partial charge in [-0.2, -0.15) is 0 Å². The minimum Gasteiger partial charge on any atom is -0.493 e. The second-order valence-corrected chi connectivity index (χ2v) is 10.5. The molecule has 180 valence electrons. The molecule has 8 nitrogen and oxygen atoms in total. The second kappa shape index (κ2) is 7.83. The van der Waals surface area contributed by atoms with Crippen molar-refractivity contribution in [1.82, 2.24) is 4.90 Å². The summed E-state index contributed by atoms with van der Waals surface area (Å²) < 4.78 is 17.2. The number of rotatable bonds is 2. The Kier molecular flexibility index (Phi) is 5.14. The summed E-state index contributed by atoms with van der Waals surface area (Å²) in [4.78, 5) is 17.6. The topological polar surface area (TPSA) is 91.7 Å². The fourth-order valence-corrected chi connectivity index (χ4v) is 7.45. The van der Waals surface area contributed by atoms with Crippen molar-refractivity contribution in [2.24, 2.45) is 11.8 Å².